The number of anilines is 2. The number of amides is 1. The second-order valence-electron chi connectivity index (χ2n) is 4.83. The molecule has 20 heavy (non-hydrogen) atoms. The fraction of sp³-hybridized carbons (Fsp3) is 0.188. The van der Waals surface area contributed by atoms with Crippen molar-refractivity contribution in [1.82, 2.24) is 4.90 Å². The van der Waals surface area contributed by atoms with Crippen LogP contribution in [0.4, 0.5) is 11.4 Å². The molecule has 4 heteroatoms. The van der Waals surface area contributed by atoms with Gasteiger partial charge in [-0.1, -0.05) is 30.3 Å². The Balaban J connectivity index is 1.85. The molecule has 1 amide bonds. The highest BCUT2D eigenvalue weighted by molar-refractivity contribution is 5.92. The molecule has 0 saturated heterocycles. The third-order valence-corrected chi connectivity index (χ3v) is 2.87. The van der Waals surface area contributed by atoms with Crippen molar-refractivity contribution in [2.24, 2.45) is 0 Å². The Morgan fingerprint density at radius 2 is 1.90 bits per heavy atom. The number of nitrogens with zero attached hydrogens (tertiary/aromatic N) is 1. The molecule has 0 aliphatic heterocycles. The van der Waals surface area contributed by atoms with E-state index >= 15 is 0 Å². The molecule has 0 spiro atoms. The molecule has 0 aromatic heterocycles. The van der Waals surface area contributed by atoms with Crippen molar-refractivity contribution >= 4 is 17.3 Å². The van der Waals surface area contributed by atoms with Gasteiger partial charge in [0.2, 0.25) is 5.91 Å². The van der Waals surface area contributed by atoms with Crippen LogP contribution in [-0.4, -0.2) is 24.4 Å². The molecule has 2 aromatic carbocycles. The standard InChI is InChI=1S/C16H19N3O/c1-19(11-13-6-5-7-14(17)10-13)12-16(20)18-15-8-3-2-4-9-15/h2-10H,11-12,17H2,1H3,(H,18,20). The molecule has 0 unspecified atom stereocenters. The minimum atomic E-state index is -0.0254. The second-order valence-corrected chi connectivity index (χ2v) is 4.83. The zero-order valence-electron chi connectivity index (χ0n) is 11.5. The van der Waals surface area contributed by atoms with Crippen LogP contribution in [-0.2, 0) is 11.3 Å². The lowest BCUT2D eigenvalue weighted by atomic mass is 10.2. The number of nitrogens with two attached hydrogens (primary N) is 1. The molecule has 0 radical (unpaired) electrons. The van der Waals surface area contributed by atoms with Crippen LogP contribution in [0.1, 0.15) is 5.56 Å². The summed E-state index contributed by atoms with van der Waals surface area (Å²) < 4.78 is 0. The van der Waals surface area contributed by atoms with E-state index in [1.54, 1.807) is 0 Å². The first kappa shape index (κ1) is 14.1. The van der Waals surface area contributed by atoms with Gasteiger partial charge in [-0.15, -0.1) is 0 Å². The third kappa shape index (κ3) is 4.40. The van der Waals surface area contributed by atoms with Crippen molar-refractivity contribution in [3.05, 3.63) is 60.2 Å². The smallest absolute Gasteiger partial charge is 0.238 e. The Labute approximate surface area is 119 Å². The second kappa shape index (κ2) is 6.73. The van der Waals surface area contributed by atoms with Crippen LogP contribution in [0, 0.1) is 0 Å². The lowest BCUT2D eigenvalue weighted by Gasteiger charge is -2.16. The highest BCUT2D eigenvalue weighted by Crippen LogP contribution is 2.09. The summed E-state index contributed by atoms with van der Waals surface area (Å²) >= 11 is 0. The Morgan fingerprint density at radius 3 is 2.60 bits per heavy atom. The number of nitrogen functional groups attached to an aromatic ring is 1. The number of rotatable bonds is 5. The highest BCUT2D eigenvalue weighted by atomic mass is 16.2. The summed E-state index contributed by atoms with van der Waals surface area (Å²) in [5.74, 6) is -0.0254. The van der Waals surface area contributed by atoms with Gasteiger partial charge in [0.15, 0.2) is 0 Å². The first-order chi connectivity index (χ1) is 9.63. The summed E-state index contributed by atoms with van der Waals surface area (Å²) in [7, 11) is 1.91. The molecule has 0 aliphatic rings. The minimum Gasteiger partial charge on any atom is -0.399 e. The number of hydrogen-bond acceptors (Lipinski definition) is 3. The van der Waals surface area contributed by atoms with Gasteiger partial charge in [0.1, 0.15) is 0 Å². The zero-order chi connectivity index (χ0) is 14.4. The maximum atomic E-state index is 11.9. The molecule has 2 aromatic rings. The first-order valence-electron chi connectivity index (χ1n) is 6.51. The van der Waals surface area contributed by atoms with Crippen molar-refractivity contribution < 1.29 is 4.79 Å². The van der Waals surface area contributed by atoms with Gasteiger partial charge in [-0.2, -0.15) is 0 Å². The van der Waals surface area contributed by atoms with Crippen LogP contribution in [0.2, 0.25) is 0 Å². The zero-order valence-corrected chi connectivity index (χ0v) is 11.5. The predicted octanol–water partition coefficient (Wildman–Crippen LogP) is 2.34. The van der Waals surface area contributed by atoms with Gasteiger partial charge >= 0.3 is 0 Å². The Kier molecular flexibility index (Phi) is 4.74. The van der Waals surface area contributed by atoms with E-state index in [0.29, 0.717) is 13.1 Å². The van der Waals surface area contributed by atoms with Gasteiger partial charge < -0.3 is 11.1 Å². The molecule has 0 fully saturated rings. The summed E-state index contributed by atoms with van der Waals surface area (Å²) in [6, 6.07) is 17.1. The van der Waals surface area contributed by atoms with Crippen molar-refractivity contribution in [2.75, 3.05) is 24.6 Å². The highest BCUT2D eigenvalue weighted by Gasteiger charge is 2.07. The first-order valence-corrected chi connectivity index (χ1v) is 6.51. The van der Waals surface area contributed by atoms with Crippen LogP contribution in [0.25, 0.3) is 0 Å². The predicted molar refractivity (Wildman–Crippen MR) is 82.3 cm³/mol. The fourth-order valence-electron chi connectivity index (χ4n) is 2.03. The van der Waals surface area contributed by atoms with E-state index in [9.17, 15) is 4.79 Å². The van der Waals surface area contributed by atoms with Crippen molar-refractivity contribution in [3.8, 4) is 0 Å². The molecule has 104 valence electrons. The van der Waals surface area contributed by atoms with Crippen molar-refractivity contribution in [3.63, 3.8) is 0 Å². The van der Waals surface area contributed by atoms with Crippen LogP contribution in [0.15, 0.2) is 54.6 Å². The van der Waals surface area contributed by atoms with E-state index in [4.69, 9.17) is 5.73 Å². The van der Waals surface area contributed by atoms with Crippen LogP contribution >= 0.6 is 0 Å². The maximum absolute atomic E-state index is 11.9. The van der Waals surface area contributed by atoms with Gasteiger partial charge in [-0.05, 0) is 36.9 Å². The number of nitrogens with one attached hydrogen (secondary N) is 1. The van der Waals surface area contributed by atoms with E-state index in [1.165, 1.54) is 0 Å². The molecule has 0 bridgehead atoms. The molecular weight excluding hydrogens is 250 g/mol. The van der Waals surface area contributed by atoms with Crippen LogP contribution < -0.4 is 11.1 Å². The van der Waals surface area contributed by atoms with Gasteiger partial charge in [0, 0.05) is 17.9 Å². The number of hydrogen-bond donors (Lipinski definition) is 2. The molecule has 2 rings (SSSR count). The minimum absolute atomic E-state index is 0.0254. The number of carbonyl (C=O) groups excluding carboxylic acids is 1. The summed E-state index contributed by atoms with van der Waals surface area (Å²) in [4.78, 5) is 13.9. The summed E-state index contributed by atoms with van der Waals surface area (Å²) in [6.07, 6.45) is 0. The molecule has 3 N–H and O–H groups in total. The Bertz CT molecular complexity index is 569. The molecule has 0 atom stereocenters. The molecule has 0 heterocycles. The molecule has 0 saturated carbocycles. The Hall–Kier alpha value is -2.33. The quantitative estimate of drug-likeness (QED) is 0.819. The SMILES string of the molecule is CN(CC(=O)Nc1ccccc1)Cc1cccc(N)c1. The van der Waals surface area contributed by atoms with Gasteiger partial charge in [0.05, 0.1) is 6.54 Å². The van der Waals surface area contributed by atoms with E-state index in [2.05, 4.69) is 5.32 Å². The molecule has 0 aliphatic carbocycles. The summed E-state index contributed by atoms with van der Waals surface area (Å²) in [6.45, 7) is 1.02. The van der Waals surface area contributed by atoms with Gasteiger partial charge in [-0.3, -0.25) is 9.69 Å². The third-order valence-electron chi connectivity index (χ3n) is 2.87. The average molecular weight is 269 g/mol. The van der Waals surface area contributed by atoms with Crippen LogP contribution in [0.3, 0.4) is 0 Å². The lowest BCUT2D eigenvalue weighted by Crippen LogP contribution is -2.29. The van der Waals surface area contributed by atoms with E-state index in [0.717, 1.165) is 16.9 Å². The van der Waals surface area contributed by atoms with Crippen molar-refractivity contribution in [2.45, 2.75) is 6.54 Å². The monoisotopic (exact) mass is 269 g/mol. The number of para-hydroxylation sites is 1. The fourth-order valence-corrected chi connectivity index (χ4v) is 2.03. The van der Waals surface area contributed by atoms with Crippen LogP contribution in [0.5, 0.6) is 0 Å². The average Bonchev–Trinajstić information content (AvgIpc) is 2.39. The van der Waals surface area contributed by atoms with Crippen molar-refractivity contribution in [1.29, 1.82) is 0 Å². The molecule has 4 nitrogen and oxygen atoms in total. The molecular formula is C16H19N3O. The Morgan fingerprint density at radius 1 is 1.15 bits per heavy atom. The largest absolute Gasteiger partial charge is 0.399 e. The van der Waals surface area contributed by atoms with E-state index < -0.39 is 0 Å². The normalized spacial score (nSPS) is 10.5. The van der Waals surface area contributed by atoms with E-state index in [1.807, 2.05) is 66.5 Å². The summed E-state index contributed by atoms with van der Waals surface area (Å²) in [5.41, 5.74) is 8.39. The number of carbonyl (C=O) groups is 1. The topological polar surface area (TPSA) is 58.4 Å². The maximum Gasteiger partial charge on any atom is 0.238 e. The number of likely N-dealkylation sites (N-methyl/N-ethyl adjacent to an activating group) is 1. The lowest BCUT2D eigenvalue weighted by molar-refractivity contribution is -0.117. The summed E-state index contributed by atoms with van der Waals surface area (Å²) in [5, 5.41) is 2.86. The van der Waals surface area contributed by atoms with E-state index in [-0.39, 0.29) is 5.91 Å². The van der Waals surface area contributed by atoms with Gasteiger partial charge in [0.25, 0.3) is 0 Å². The number of benzene rings is 2. The van der Waals surface area contributed by atoms with Gasteiger partial charge in [-0.25, -0.2) is 0 Å².